The zero-order valence-electron chi connectivity index (χ0n) is 20.7. The molecule has 1 aliphatic rings. The molecule has 38 heavy (non-hydrogen) atoms. The van der Waals surface area contributed by atoms with Crippen molar-refractivity contribution in [3.05, 3.63) is 70.8 Å². The van der Waals surface area contributed by atoms with Gasteiger partial charge in [0.15, 0.2) is 0 Å². The highest BCUT2D eigenvalue weighted by Gasteiger charge is 2.43. The van der Waals surface area contributed by atoms with Crippen LogP contribution in [0.3, 0.4) is 0 Å². The molecule has 0 aromatic heterocycles. The van der Waals surface area contributed by atoms with Crippen LogP contribution in [0.15, 0.2) is 48.5 Å². The van der Waals surface area contributed by atoms with Gasteiger partial charge >= 0.3 is 24.5 Å². The standard InChI is InChI=1S/C26H28F6N2O4/c1-3-21-13-22(18(15-33(21)23(35)36)9-16-7-5-4-6-8-16)34(24(37)38-2)14-17-10-19(25(27,28)29)12-20(11-17)26(30,31)32/h4-8,10-12,18,21-22H,3,9,13-15H2,1-2H3,(H,35,36). The molecule has 0 saturated carbocycles. The van der Waals surface area contributed by atoms with E-state index in [0.29, 0.717) is 25.0 Å². The second-order valence-corrected chi connectivity index (χ2v) is 9.26. The third-order valence-electron chi connectivity index (χ3n) is 6.80. The van der Waals surface area contributed by atoms with Crippen molar-refractivity contribution in [1.82, 2.24) is 9.80 Å². The van der Waals surface area contributed by atoms with Gasteiger partial charge in [-0.25, -0.2) is 9.59 Å². The lowest BCUT2D eigenvalue weighted by Gasteiger charge is -2.46. The fourth-order valence-electron chi connectivity index (χ4n) is 4.98. The molecule has 0 spiro atoms. The number of hydrogen-bond acceptors (Lipinski definition) is 3. The maximum atomic E-state index is 13.4. The summed E-state index contributed by atoms with van der Waals surface area (Å²) in [7, 11) is 1.07. The van der Waals surface area contributed by atoms with E-state index in [1.54, 1.807) is 25.1 Å². The maximum Gasteiger partial charge on any atom is 0.416 e. The lowest BCUT2D eigenvalue weighted by atomic mass is 9.82. The van der Waals surface area contributed by atoms with Gasteiger partial charge in [-0.3, -0.25) is 0 Å². The summed E-state index contributed by atoms with van der Waals surface area (Å²) in [5.41, 5.74) is -2.50. The lowest BCUT2D eigenvalue weighted by molar-refractivity contribution is -0.143. The van der Waals surface area contributed by atoms with Crippen LogP contribution >= 0.6 is 0 Å². The predicted octanol–water partition coefficient (Wildman–Crippen LogP) is 6.68. The first-order valence-corrected chi connectivity index (χ1v) is 11.9. The second-order valence-electron chi connectivity index (χ2n) is 9.26. The average Bonchev–Trinajstić information content (AvgIpc) is 2.86. The van der Waals surface area contributed by atoms with Gasteiger partial charge in [-0.2, -0.15) is 26.3 Å². The molecule has 2 amide bonds. The number of carbonyl (C=O) groups is 2. The number of likely N-dealkylation sites (tertiary alicyclic amines) is 1. The highest BCUT2D eigenvalue weighted by molar-refractivity contribution is 5.69. The molecule has 3 atom stereocenters. The Labute approximate surface area is 215 Å². The molecule has 1 fully saturated rings. The zero-order valence-corrected chi connectivity index (χ0v) is 20.7. The third-order valence-corrected chi connectivity index (χ3v) is 6.80. The van der Waals surface area contributed by atoms with Gasteiger partial charge < -0.3 is 19.6 Å². The highest BCUT2D eigenvalue weighted by Crippen LogP contribution is 2.38. The SMILES string of the molecule is CCC1CC(N(Cc2cc(C(F)(F)F)cc(C(F)(F)F)c2)C(=O)OC)C(Cc2ccccc2)CN1C(=O)O. The number of ether oxygens (including phenoxy) is 1. The lowest BCUT2D eigenvalue weighted by Crippen LogP contribution is -2.58. The molecule has 0 aliphatic carbocycles. The Morgan fingerprint density at radius 1 is 1.00 bits per heavy atom. The second kappa shape index (κ2) is 11.5. The number of halogens is 6. The Hall–Kier alpha value is -3.44. The van der Waals surface area contributed by atoms with E-state index in [4.69, 9.17) is 4.74 Å². The van der Waals surface area contributed by atoms with E-state index in [-0.39, 0.29) is 24.6 Å². The van der Waals surface area contributed by atoms with Crippen molar-refractivity contribution in [3.8, 4) is 0 Å². The van der Waals surface area contributed by atoms with Gasteiger partial charge in [-0.05, 0) is 48.6 Å². The number of nitrogens with zero attached hydrogens (tertiary/aromatic N) is 2. The number of rotatable bonds is 6. The van der Waals surface area contributed by atoms with Crippen molar-refractivity contribution < 1.29 is 45.8 Å². The minimum atomic E-state index is -5.04. The summed E-state index contributed by atoms with van der Waals surface area (Å²) in [6, 6.07) is 8.98. The number of benzene rings is 2. The Balaban J connectivity index is 2.06. The maximum absolute atomic E-state index is 13.4. The van der Waals surface area contributed by atoms with E-state index in [1.165, 1.54) is 4.90 Å². The number of amides is 2. The van der Waals surface area contributed by atoms with E-state index in [0.717, 1.165) is 17.6 Å². The Bertz CT molecular complexity index is 1090. The van der Waals surface area contributed by atoms with Crippen molar-refractivity contribution in [2.75, 3.05) is 13.7 Å². The first-order valence-electron chi connectivity index (χ1n) is 11.9. The van der Waals surface area contributed by atoms with Crippen molar-refractivity contribution in [2.24, 2.45) is 5.92 Å². The summed E-state index contributed by atoms with van der Waals surface area (Å²) >= 11 is 0. The summed E-state index contributed by atoms with van der Waals surface area (Å²) in [5, 5.41) is 9.76. The summed E-state index contributed by atoms with van der Waals surface area (Å²) in [4.78, 5) is 27.3. The van der Waals surface area contributed by atoms with Gasteiger partial charge in [-0.1, -0.05) is 37.3 Å². The van der Waals surface area contributed by atoms with E-state index in [1.807, 2.05) is 12.1 Å². The van der Waals surface area contributed by atoms with Crippen LogP contribution in [0, 0.1) is 5.92 Å². The number of piperidine rings is 1. The van der Waals surface area contributed by atoms with Gasteiger partial charge in [0.1, 0.15) is 0 Å². The van der Waals surface area contributed by atoms with Crippen LogP contribution in [0.1, 0.15) is 42.0 Å². The molecular weight excluding hydrogens is 518 g/mol. The summed E-state index contributed by atoms with van der Waals surface area (Å²) in [6.45, 7) is 1.20. The van der Waals surface area contributed by atoms with Gasteiger partial charge in [0.25, 0.3) is 0 Å². The molecule has 12 heteroatoms. The van der Waals surface area contributed by atoms with Gasteiger partial charge in [0.05, 0.1) is 18.2 Å². The third kappa shape index (κ3) is 6.90. The van der Waals surface area contributed by atoms with Crippen molar-refractivity contribution in [1.29, 1.82) is 0 Å². The normalized spacial score (nSPS) is 20.2. The molecule has 1 saturated heterocycles. The Morgan fingerprint density at radius 2 is 1.58 bits per heavy atom. The van der Waals surface area contributed by atoms with Crippen molar-refractivity contribution in [3.63, 3.8) is 0 Å². The van der Waals surface area contributed by atoms with Gasteiger partial charge in [0, 0.05) is 31.1 Å². The van der Waals surface area contributed by atoms with Crippen LogP contribution in [-0.2, 0) is 30.1 Å². The summed E-state index contributed by atoms with van der Waals surface area (Å²) in [6.07, 6.45) is -11.3. The smallest absolute Gasteiger partial charge is 0.416 e. The summed E-state index contributed by atoms with van der Waals surface area (Å²) < 4.78 is 85.5. The number of hydrogen-bond donors (Lipinski definition) is 1. The first-order chi connectivity index (χ1) is 17.7. The van der Waals surface area contributed by atoms with Crippen LogP contribution in [-0.4, -0.2) is 52.8 Å². The van der Waals surface area contributed by atoms with Gasteiger partial charge in [0.2, 0.25) is 0 Å². The largest absolute Gasteiger partial charge is 0.465 e. The minimum absolute atomic E-state index is 0.0251. The van der Waals surface area contributed by atoms with Crippen LogP contribution < -0.4 is 0 Å². The zero-order chi connectivity index (χ0) is 28.3. The molecule has 0 bridgehead atoms. The predicted molar refractivity (Wildman–Crippen MR) is 125 cm³/mol. The quantitative estimate of drug-likeness (QED) is 0.411. The van der Waals surface area contributed by atoms with E-state index in [9.17, 15) is 41.0 Å². The van der Waals surface area contributed by atoms with Crippen LogP contribution in [0.2, 0.25) is 0 Å². The molecule has 3 unspecified atom stereocenters. The molecule has 2 aromatic carbocycles. The molecule has 6 nitrogen and oxygen atoms in total. The number of alkyl halides is 6. The summed E-state index contributed by atoms with van der Waals surface area (Å²) in [5.74, 6) is -0.497. The van der Waals surface area contributed by atoms with Crippen LogP contribution in [0.4, 0.5) is 35.9 Å². The fraction of sp³-hybridized carbons (Fsp3) is 0.462. The van der Waals surface area contributed by atoms with Gasteiger partial charge in [-0.15, -0.1) is 0 Å². The van der Waals surface area contributed by atoms with E-state index < -0.39 is 60.2 Å². The topological polar surface area (TPSA) is 70.1 Å². The molecular formula is C26H28F6N2O4. The van der Waals surface area contributed by atoms with Crippen LogP contribution in [0.5, 0.6) is 0 Å². The molecule has 1 heterocycles. The van der Waals surface area contributed by atoms with Crippen molar-refractivity contribution >= 4 is 12.2 Å². The molecule has 208 valence electrons. The first kappa shape index (κ1) is 29.1. The molecule has 1 aliphatic heterocycles. The molecule has 0 radical (unpaired) electrons. The monoisotopic (exact) mass is 546 g/mol. The number of methoxy groups -OCH3 is 1. The average molecular weight is 547 g/mol. The van der Waals surface area contributed by atoms with Crippen molar-refractivity contribution in [2.45, 2.75) is 57.2 Å². The fourth-order valence-corrected chi connectivity index (χ4v) is 4.98. The number of carboxylic acid groups (broad SMARTS) is 1. The van der Waals surface area contributed by atoms with E-state index in [2.05, 4.69) is 0 Å². The number of carbonyl (C=O) groups excluding carboxylic acids is 1. The Kier molecular flexibility index (Phi) is 8.83. The highest BCUT2D eigenvalue weighted by atomic mass is 19.4. The van der Waals surface area contributed by atoms with Crippen LogP contribution in [0.25, 0.3) is 0 Å². The Morgan fingerprint density at radius 3 is 2.05 bits per heavy atom. The molecule has 1 N–H and O–H groups in total. The van der Waals surface area contributed by atoms with E-state index >= 15 is 0 Å². The molecule has 3 rings (SSSR count). The minimum Gasteiger partial charge on any atom is -0.465 e. The molecule has 2 aromatic rings.